The molecule has 1 fully saturated rings. The molecule has 4 N–H and O–H groups in total. The van der Waals surface area contributed by atoms with Crippen LogP contribution in [0.25, 0.3) is 0 Å². The maximum absolute atomic E-state index is 9.09. The van der Waals surface area contributed by atoms with E-state index in [0.717, 1.165) is 25.2 Å². The van der Waals surface area contributed by atoms with Crippen molar-refractivity contribution in [2.45, 2.75) is 12.5 Å². The predicted molar refractivity (Wildman–Crippen MR) is 91.7 cm³/mol. The molecule has 1 unspecified atom stereocenters. The molecule has 1 aliphatic rings. The van der Waals surface area contributed by atoms with Gasteiger partial charge in [0.1, 0.15) is 0 Å². The second kappa shape index (κ2) is 10.1. The van der Waals surface area contributed by atoms with Crippen molar-refractivity contribution in [3.63, 3.8) is 0 Å². The van der Waals surface area contributed by atoms with E-state index in [9.17, 15) is 0 Å². The Hall–Kier alpha value is -0.720. The van der Waals surface area contributed by atoms with Crippen molar-refractivity contribution in [2.75, 3.05) is 50.0 Å². The van der Waals surface area contributed by atoms with E-state index in [1.165, 1.54) is 5.69 Å². The lowest BCUT2D eigenvalue weighted by Gasteiger charge is -2.28. The molecule has 21 heavy (non-hydrogen) atoms. The van der Waals surface area contributed by atoms with Gasteiger partial charge >= 0.3 is 0 Å². The molecule has 0 saturated carbocycles. The number of hydrogen-bond acceptors (Lipinski definition) is 5. The summed E-state index contributed by atoms with van der Waals surface area (Å²) in [6, 6.07) is 8.32. The van der Waals surface area contributed by atoms with E-state index in [1.807, 2.05) is 24.3 Å². The van der Waals surface area contributed by atoms with Crippen LogP contribution in [0, 0.1) is 0 Å². The minimum Gasteiger partial charge on any atom is -0.399 e. The number of nitrogens with two attached hydrogens (primary N) is 1. The van der Waals surface area contributed by atoms with Gasteiger partial charge in [-0.2, -0.15) is 0 Å². The fourth-order valence-electron chi connectivity index (χ4n) is 2.69. The third kappa shape index (κ3) is 5.52. The van der Waals surface area contributed by atoms with Crippen molar-refractivity contribution in [2.24, 2.45) is 0 Å². The van der Waals surface area contributed by atoms with E-state index in [-0.39, 0.29) is 38.0 Å². The summed E-state index contributed by atoms with van der Waals surface area (Å²) in [5, 5.41) is 18.2. The monoisotopic (exact) mass is 337 g/mol. The summed E-state index contributed by atoms with van der Waals surface area (Å²) >= 11 is 0. The number of hydrogen-bond donors (Lipinski definition) is 3. The van der Waals surface area contributed by atoms with Gasteiger partial charge in [-0.25, -0.2) is 0 Å². The van der Waals surface area contributed by atoms with E-state index in [0.29, 0.717) is 19.1 Å². The van der Waals surface area contributed by atoms with Gasteiger partial charge in [0, 0.05) is 43.6 Å². The first-order chi connectivity index (χ1) is 9.24. The second-order valence-corrected chi connectivity index (χ2v) is 4.96. The SMILES string of the molecule is Cl.Cl.Nc1ccc(N2CCC(N(CCO)CCO)C2)cc1. The molecule has 1 saturated heterocycles. The molecule has 1 atom stereocenters. The Labute approximate surface area is 138 Å². The smallest absolute Gasteiger partial charge is 0.0558 e. The Morgan fingerprint density at radius 1 is 1.10 bits per heavy atom. The molecule has 1 aromatic rings. The summed E-state index contributed by atoms with van der Waals surface area (Å²) in [7, 11) is 0. The standard InChI is InChI=1S/C14H23N3O2.2ClH/c15-12-1-3-13(4-2-12)17-6-5-14(11-17)16(7-9-18)8-10-19;;/h1-4,14,18-19H,5-11,15H2;2*1H. The van der Waals surface area contributed by atoms with Crippen LogP contribution in [0.5, 0.6) is 0 Å². The topological polar surface area (TPSA) is 73.0 Å². The number of nitrogens with zero attached hydrogens (tertiary/aromatic N) is 2. The zero-order valence-corrected chi connectivity index (χ0v) is 13.7. The summed E-state index contributed by atoms with van der Waals surface area (Å²) in [6.07, 6.45) is 1.06. The fourth-order valence-corrected chi connectivity index (χ4v) is 2.69. The van der Waals surface area contributed by atoms with Crippen LogP contribution in [0.3, 0.4) is 0 Å². The number of nitrogen functional groups attached to an aromatic ring is 1. The van der Waals surface area contributed by atoms with Crippen LogP contribution < -0.4 is 10.6 Å². The van der Waals surface area contributed by atoms with Gasteiger partial charge in [-0.05, 0) is 30.7 Å². The van der Waals surface area contributed by atoms with Crippen molar-refractivity contribution in [3.05, 3.63) is 24.3 Å². The lowest BCUT2D eigenvalue weighted by atomic mass is 10.2. The highest BCUT2D eigenvalue weighted by atomic mass is 35.5. The van der Waals surface area contributed by atoms with Gasteiger partial charge in [-0.15, -0.1) is 24.8 Å². The summed E-state index contributed by atoms with van der Waals surface area (Å²) in [4.78, 5) is 4.49. The first-order valence-corrected chi connectivity index (χ1v) is 6.81. The van der Waals surface area contributed by atoms with Gasteiger partial charge in [0.05, 0.1) is 13.2 Å². The van der Waals surface area contributed by atoms with Gasteiger partial charge in [0.15, 0.2) is 0 Å². The summed E-state index contributed by atoms with van der Waals surface area (Å²) < 4.78 is 0. The second-order valence-electron chi connectivity index (χ2n) is 4.96. The average Bonchev–Trinajstić information content (AvgIpc) is 2.89. The molecule has 0 spiro atoms. The zero-order valence-electron chi connectivity index (χ0n) is 12.0. The van der Waals surface area contributed by atoms with Crippen molar-refractivity contribution >= 4 is 36.2 Å². The molecule has 5 nitrogen and oxygen atoms in total. The number of rotatable bonds is 6. The van der Waals surface area contributed by atoms with Crippen molar-refractivity contribution in [1.29, 1.82) is 0 Å². The highest BCUT2D eigenvalue weighted by Crippen LogP contribution is 2.23. The van der Waals surface area contributed by atoms with Crippen LogP contribution in [-0.4, -0.2) is 60.5 Å². The molecule has 1 aliphatic heterocycles. The summed E-state index contributed by atoms with van der Waals surface area (Å²) in [5.74, 6) is 0. The van der Waals surface area contributed by atoms with Crippen LogP contribution in [0.15, 0.2) is 24.3 Å². The molecule has 122 valence electrons. The number of aliphatic hydroxyl groups excluding tert-OH is 2. The van der Waals surface area contributed by atoms with Crippen molar-refractivity contribution in [1.82, 2.24) is 4.90 Å². The van der Waals surface area contributed by atoms with Crippen LogP contribution >= 0.6 is 24.8 Å². The van der Waals surface area contributed by atoms with E-state index < -0.39 is 0 Å². The van der Waals surface area contributed by atoms with Gasteiger partial charge < -0.3 is 20.8 Å². The summed E-state index contributed by atoms with van der Waals surface area (Å²) in [5.41, 5.74) is 7.66. The van der Waals surface area contributed by atoms with Gasteiger partial charge in [0.25, 0.3) is 0 Å². The molecule has 7 heteroatoms. The Bertz CT molecular complexity index is 386. The maximum atomic E-state index is 9.09. The normalized spacial score (nSPS) is 17.5. The van der Waals surface area contributed by atoms with Crippen LogP contribution in [0.4, 0.5) is 11.4 Å². The number of anilines is 2. The quantitative estimate of drug-likeness (QED) is 0.675. The van der Waals surface area contributed by atoms with Crippen molar-refractivity contribution in [3.8, 4) is 0 Å². The van der Waals surface area contributed by atoms with Crippen molar-refractivity contribution < 1.29 is 10.2 Å². The lowest BCUT2D eigenvalue weighted by molar-refractivity contribution is 0.129. The van der Waals surface area contributed by atoms with Crippen LogP contribution in [-0.2, 0) is 0 Å². The molecule has 0 aromatic heterocycles. The highest BCUT2D eigenvalue weighted by molar-refractivity contribution is 5.85. The predicted octanol–water partition coefficient (Wildman–Crippen LogP) is 0.978. The first kappa shape index (κ1) is 20.3. The first-order valence-electron chi connectivity index (χ1n) is 6.81. The summed E-state index contributed by atoms with van der Waals surface area (Å²) in [6.45, 7) is 3.46. The number of aliphatic hydroxyl groups is 2. The molecule has 1 heterocycles. The molecule has 2 rings (SSSR count). The van der Waals surface area contributed by atoms with E-state index in [1.54, 1.807) is 0 Å². The largest absolute Gasteiger partial charge is 0.399 e. The third-order valence-corrected chi connectivity index (χ3v) is 3.71. The number of halogens is 2. The van der Waals surface area contributed by atoms with Gasteiger partial charge in [-0.1, -0.05) is 0 Å². The van der Waals surface area contributed by atoms with Gasteiger partial charge in [0.2, 0.25) is 0 Å². The molecule has 0 aliphatic carbocycles. The van der Waals surface area contributed by atoms with Gasteiger partial charge in [-0.3, -0.25) is 4.90 Å². The average molecular weight is 338 g/mol. The number of benzene rings is 1. The molecular formula is C14H25Cl2N3O2. The molecule has 0 radical (unpaired) electrons. The van der Waals surface area contributed by atoms with E-state index in [2.05, 4.69) is 9.80 Å². The van der Waals surface area contributed by atoms with Crippen LogP contribution in [0.2, 0.25) is 0 Å². The third-order valence-electron chi connectivity index (χ3n) is 3.71. The fraction of sp³-hybridized carbons (Fsp3) is 0.571. The minimum absolute atomic E-state index is 0. The molecule has 0 bridgehead atoms. The molecular weight excluding hydrogens is 313 g/mol. The Balaban J connectivity index is 0.00000200. The highest BCUT2D eigenvalue weighted by Gasteiger charge is 2.27. The Morgan fingerprint density at radius 3 is 2.19 bits per heavy atom. The maximum Gasteiger partial charge on any atom is 0.0558 e. The van der Waals surface area contributed by atoms with E-state index in [4.69, 9.17) is 15.9 Å². The van der Waals surface area contributed by atoms with E-state index >= 15 is 0 Å². The zero-order chi connectivity index (χ0) is 13.7. The lowest BCUT2D eigenvalue weighted by Crippen LogP contribution is -2.41. The minimum atomic E-state index is 0. The van der Waals surface area contributed by atoms with Crippen LogP contribution in [0.1, 0.15) is 6.42 Å². The molecule has 0 amide bonds. The Kier molecular flexibility index (Phi) is 9.74. The molecule has 1 aromatic carbocycles. The Morgan fingerprint density at radius 2 is 1.67 bits per heavy atom.